The molecule has 2 aliphatic heterocycles. The molecule has 6 nitrogen and oxygen atoms in total. The maximum atomic E-state index is 14.1. The van der Waals surface area contributed by atoms with E-state index in [1.165, 1.54) is 35.9 Å². The summed E-state index contributed by atoms with van der Waals surface area (Å²) in [6.07, 6.45) is 10.9. The molecule has 6 rings (SSSR count). The molecule has 0 spiro atoms. The average Bonchev–Trinajstić information content (AvgIpc) is 3.54. The lowest BCUT2D eigenvalue weighted by Crippen LogP contribution is -2.41. The van der Waals surface area contributed by atoms with Gasteiger partial charge in [0.25, 0.3) is 11.5 Å². The van der Waals surface area contributed by atoms with Gasteiger partial charge in [0.05, 0.1) is 12.8 Å². The van der Waals surface area contributed by atoms with Crippen molar-refractivity contribution in [3.63, 3.8) is 0 Å². The second-order valence-electron chi connectivity index (χ2n) is 10.2. The first kappa shape index (κ1) is 25.5. The lowest BCUT2D eigenvalue weighted by Gasteiger charge is -2.29. The van der Waals surface area contributed by atoms with Gasteiger partial charge in [0.1, 0.15) is 29.2 Å². The van der Waals surface area contributed by atoms with Gasteiger partial charge >= 0.3 is 0 Å². The first-order chi connectivity index (χ1) is 18.0. The van der Waals surface area contributed by atoms with E-state index < -0.39 is 0 Å². The molecule has 1 saturated heterocycles. The number of ether oxygens (including phenoxy) is 1. The molecule has 3 heterocycles. The Hall–Kier alpha value is -1.75. The number of rotatable bonds is 3. The fourth-order valence-corrected chi connectivity index (χ4v) is 10.00. The summed E-state index contributed by atoms with van der Waals surface area (Å²) in [4.78, 5) is 33.6. The number of hydrogen-bond acceptors (Lipinski definition) is 8. The average molecular weight is 574 g/mol. The van der Waals surface area contributed by atoms with Crippen molar-refractivity contribution < 1.29 is 9.53 Å². The molecule has 1 aromatic heterocycles. The van der Waals surface area contributed by atoms with E-state index >= 15 is 0 Å². The molecule has 2 aliphatic carbocycles. The van der Waals surface area contributed by atoms with Crippen LogP contribution in [0.1, 0.15) is 70.3 Å². The third-order valence-corrected chi connectivity index (χ3v) is 12.0. The zero-order chi connectivity index (χ0) is 25.7. The van der Waals surface area contributed by atoms with Gasteiger partial charge in [0.15, 0.2) is 0 Å². The van der Waals surface area contributed by atoms with E-state index in [1.807, 2.05) is 34.7 Å². The molecule has 0 radical (unpaired) electrons. The SMILES string of the molecule is COc1ccc2c(c1)N(C)/C(=c1/s/c(=C3\SC(=S)N(C4CCCCC4)C3=O)n(C3CCCCC3)c1=O)S2. The first-order valence-corrected chi connectivity index (χ1v) is 16.0. The molecular weight excluding hydrogens is 543 g/mol. The second kappa shape index (κ2) is 10.4. The topological polar surface area (TPSA) is 54.8 Å². The number of hydrogen-bond donors (Lipinski definition) is 0. The van der Waals surface area contributed by atoms with Crippen LogP contribution >= 0.6 is 47.1 Å². The summed E-state index contributed by atoms with van der Waals surface area (Å²) in [6, 6.07) is 6.31. The normalized spacial score (nSPS) is 24.3. The van der Waals surface area contributed by atoms with Crippen LogP contribution in [0.3, 0.4) is 0 Å². The summed E-state index contributed by atoms with van der Waals surface area (Å²) in [5, 5.41) is 0.914. The molecule has 1 aromatic carbocycles. The molecule has 0 N–H and O–H groups in total. The van der Waals surface area contributed by atoms with Crippen LogP contribution in [0, 0.1) is 0 Å². The molecule has 0 bridgehead atoms. The number of nitrogens with zero attached hydrogens (tertiary/aromatic N) is 3. The largest absolute Gasteiger partial charge is 0.497 e. The van der Waals surface area contributed by atoms with Gasteiger partial charge in [-0.2, -0.15) is 0 Å². The molecule has 3 fully saturated rings. The van der Waals surface area contributed by atoms with E-state index in [4.69, 9.17) is 17.0 Å². The number of anilines is 1. The highest BCUT2D eigenvalue weighted by atomic mass is 32.2. The molecular formula is C27H31N3O3S4. The molecule has 2 aromatic rings. The van der Waals surface area contributed by atoms with Crippen molar-refractivity contribution in [3.05, 3.63) is 37.7 Å². The minimum Gasteiger partial charge on any atom is -0.497 e. The van der Waals surface area contributed by atoms with E-state index in [0.717, 1.165) is 77.4 Å². The van der Waals surface area contributed by atoms with E-state index in [-0.39, 0.29) is 23.6 Å². The fourth-order valence-electron chi connectivity index (χ4n) is 5.97. The number of thiazole rings is 1. The van der Waals surface area contributed by atoms with Crippen LogP contribution in [0.5, 0.6) is 5.75 Å². The Kier molecular flexibility index (Phi) is 7.20. The van der Waals surface area contributed by atoms with Crippen LogP contribution in [0.2, 0.25) is 0 Å². The molecule has 0 unspecified atom stereocenters. The van der Waals surface area contributed by atoms with Crippen molar-refractivity contribution in [1.29, 1.82) is 0 Å². The van der Waals surface area contributed by atoms with Crippen LogP contribution in [0.25, 0.3) is 9.93 Å². The molecule has 196 valence electrons. The van der Waals surface area contributed by atoms with Crippen molar-refractivity contribution in [1.82, 2.24) is 9.47 Å². The summed E-state index contributed by atoms with van der Waals surface area (Å²) >= 11 is 10.2. The zero-order valence-electron chi connectivity index (χ0n) is 21.2. The Morgan fingerprint density at radius 1 is 0.946 bits per heavy atom. The third kappa shape index (κ3) is 4.47. The fraction of sp³-hybridized carbons (Fsp3) is 0.519. The van der Waals surface area contributed by atoms with Crippen LogP contribution in [0.15, 0.2) is 27.9 Å². The number of aromatic nitrogens is 1. The molecule has 10 heteroatoms. The number of thioether (sulfide) groups is 2. The van der Waals surface area contributed by atoms with Gasteiger partial charge in [0, 0.05) is 30.1 Å². The Morgan fingerprint density at radius 3 is 2.30 bits per heavy atom. The van der Waals surface area contributed by atoms with Crippen LogP contribution in [-0.2, 0) is 4.79 Å². The van der Waals surface area contributed by atoms with E-state index in [1.54, 1.807) is 18.9 Å². The molecule has 1 amide bonds. The highest BCUT2D eigenvalue weighted by Crippen LogP contribution is 2.47. The second-order valence-corrected chi connectivity index (χ2v) is 13.8. The Balaban J connectivity index is 1.52. The number of carbonyl (C=O) groups is 1. The van der Waals surface area contributed by atoms with Gasteiger partial charge in [-0.15, -0.1) is 11.3 Å². The van der Waals surface area contributed by atoms with Gasteiger partial charge in [-0.05, 0) is 37.8 Å². The quantitative estimate of drug-likeness (QED) is 0.478. The highest BCUT2D eigenvalue weighted by molar-refractivity contribution is 8.30. The third-order valence-electron chi connectivity index (χ3n) is 7.94. The molecule has 2 saturated carbocycles. The number of fused-ring (bicyclic) bond motifs is 1. The van der Waals surface area contributed by atoms with E-state index in [0.29, 0.717) is 13.8 Å². The Morgan fingerprint density at radius 2 is 1.62 bits per heavy atom. The van der Waals surface area contributed by atoms with Crippen molar-refractivity contribution in [2.24, 2.45) is 0 Å². The van der Waals surface area contributed by atoms with Crippen LogP contribution < -0.4 is 24.4 Å². The van der Waals surface area contributed by atoms with Crippen molar-refractivity contribution in [2.75, 3.05) is 19.1 Å². The highest BCUT2D eigenvalue weighted by Gasteiger charge is 2.39. The smallest absolute Gasteiger partial charge is 0.272 e. The lowest BCUT2D eigenvalue weighted by atomic mass is 9.94. The van der Waals surface area contributed by atoms with Gasteiger partial charge in [-0.1, -0.05) is 74.3 Å². The number of methoxy groups -OCH3 is 1. The molecule has 37 heavy (non-hydrogen) atoms. The van der Waals surface area contributed by atoms with Crippen molar-refractivity contribution in [2.45, 2.75) is 81.2 Å². The minimum atomic E-state index is -0.00953. The standard InChI is InChI=1S/C27H31N3O3S4/c1-28-19-15-18(33-2)13-14-20(19)35-25(28)21-23(31)29(16-9-5-3-6-10-16)26(36-21)22-24(32)30(27(34)37-22)17-11-7-4-8-12-17/h13-17H,3-12H2,1-2H3/b25-21-,26-22-. The molecule has 0 atom stereocenters. The maximum Gasteiger partial charge on any atom is 0.272 e. The van der Waals surface area contributed by atoms with Gasteiger partial charge in [-0.3, -0.25) is 19.1 Å². The predicted octanol–water partition coefficient (Wildman–Crippen LogP) is 5.03. The van der Waals surface area contributed by atoms with E-state index in [9.17, 15) is 9.59 Å². The summed E-state index contributed by atoms with van der Waals surface area (Å²) in [5.41, 5.74) is 1.05. The Bertz CT molecular complexity index is 1430. The van der Waals surface area contributed by atoms with E-state index in [2.05, 4.69) is 4.90 Å². The van der Waals surface area contributed by atoms with Gasteiger partial charge in [-0.25, -0.2) is 0 Å². The summed E-state index contributed by atoms with van der Waals surface area (Å²) < 4.78 is 9.52. The first-order valence-electron chi connectivity index (χ1n) is 13.1. The summed E-state index contributed by atoms with van der Waals surface area (Å²) in [6.45, 7) is 0. The van der Waals surface area contributed by atoms with Crippen molar-refractivity contribution in [3.8, 4) is 5.75 Å². The number of carbonyl (C=O) groups excluding carboxylic acids is 1. The van der Waals surface area contributed by atoms with Crippen LogP contribution in [-0.4, -0.2) is 39.9 Å². The van der Waals surface area contributed by atoms with Gasteiger partial charge in [0.2, 0.25) is 0 Å². The number of benzene rings is 1. The maximum absolute atomic E-state index is 14.1. The van der Waals surface area contributed by atoms with Crippen LogP contribution in [0.4, 0.5) is 5.69 Å². The zero-order valence-corrected chi connectivity index (χ0v) is 24.4. The van der Waals surface area contributed by atoms with Crippen molar-refractivity contribution >= 4 is 72.9 Å². The molecule has 4 aliphatic rings. The number of amides is 1. The summed E-state index contributed by atoms with van der Waals surface area (Å²) in [7, 11) is 3.66. The Labute approximate surface area is 234 Å². The van der Waals surface area contributed by atoms with Gasteiger partial charge < -0.3 is 9.64 Å². The lowest BCUT2D eigenvalue weighted by molar-refractivity contribution is -0.122. The predicted molar refractivity (Wildman–Crippen MR) is 158 cm³/mol. The number of thiocarbonyl (C=S) groups is 1. The minimum absolute atomic E-state index is 0.00953. The monoisotopic (exact) mass is 573 g/mol. The summed E-state index contributed by atoms with van der Waals surface area (Å²) in [5.74, 6) is 0.781.